The second kappa shape index (κ2) is 8.92. The predicted octanol–water partition coefficient (Wildman–Crippen LogP) is 4.54. The van der Waals surface area contributed by atoms with E-state index in [1.54, 1.807) is 11.0 Å². The first-order valence-corrected chi connectivity index (χ1v) is 8.38. The lowest BCUT2D eigenvalue weighted by Crippen LogP contribution is -2.28. The number of ether oxygens (including phenoxy) is 1. The van der Waals surface area contributed by atoms with Crippen LogP contribution in [-0.2, 0) is 11.4 Å². The SMILES string of the molecule is CCN(CC)C(=O)/C=C(\C)c1ccc(OCc2ccccc2)cc1. The summed E-state index contributed by atoms with van der Waals surface area (Å²) in [5, 5.41) is 0. The number of allylic oxidation sites excluding steroid dienone is 1. The third kappa shape index (κ3) is 4.98. The molecule has 0 aromatic heterocycles. The number of benzene rings is 2. The van der Waals surface area contributed by atoms with E-state index in [4.69, 9.17) is 4.74 Å². The summed E-state index contributed by atoms with van der Waals surface area (Å²) in [6, 6.07) is 17.9. The second-order valence-corrected chi connectivity index (χ2v) is 5.64. The molecule has 2 aromatic rings. The summed E-state index contributed by atoms with van der Waals surface area (Å²) >= 11 is 0. The first-order valence-electron chi connectivity index (χ1n) is 8.38. The van der Waals surface area contributed by atoms with E-state index in [1.807, 2.05) is 75.4 Å². The summed E-state index contributed by atoms with van der Waals surface area (Å²) in [5.41, 5.74) is 3.13. The van der Waals surface area contributed by atoms with Crippen molar-refractivity contribution in [1.82, 2.24) is 4.90 Å². The molecule has 0 heterocycles. The van der Waals surface area contributed by atoms with E-state index in [1.165, 1.54) is 0 Å². The van der Waals surface area contributed by atoms with Gasteiger partial charge in [-0.3, -0.25) is 4.79 Å². The predicted molar refractivity (Wildman–Crippen MR) is 98.8 cm³/mol. The maximum atomic E-state index is 12.1. The number of rotatable bonds is 7. The third-order valence-electron chi connectivity index (χ3n) is 3.97. The molecule has 0 bridgehead atoms. The molecule has 0 saturated heterocycles. The normalized spacial score (nSPS) is 11.2. The van der Waals surface area contributed by atoms with Crippen molar-refractivity contribution in [2.24, 2.45) is 0 Å². The Balaban J connectivity index is 1.99. The van der Waals surface area contributed by atoms with Gasteiger partial charge in [0.05, 0.1) is 0 Å². The molecule has 0 radical (unpaired) electrons. The highest BCUT2D eigenvalue weighted by atomic mass is 16.5. The molecule has 0 atom stereocenters. The Morgan fingerprint density at radius 2 is 1.62 bits per heavy atom. The minimum atomic E-state index is 0.0573. The van der Waals surface area contributed by atoms with Crippen molar-refractivity contribution in [2.45, 2.75) is 27.4 Å². The van der Waals surface area contributed by atoms with Gasteiger partial charge in [0.1, 0.15) is 12.4 Å². The third-order valence-corrected chi connectivity index (χ3v) is 3.97. The van der Waals surface area contributed by atoms with E-state index >= 15 is 0 Å². The number of nitrogens with zero attached hydrogens (tertiary/aromatic N) is 1. The lowest BCUT2D eigenvalue weighted by Gasteiger charge is -2.16. The Morgan fingerprint density at radius 3 is 2.21 bits per heavy atom. The van der Waals surface area contributed by atoms with Crippen LogP contribution in [0.1, 0.15) is 31.9 Å². The Morgan fingerprint density at radius 1 is 1.00 bits per heavy atom. The quantitative estimate of drug-likeness (QED) is 0.700. The van der Waals surface area contributed by atoms with Crippen molar-refractivity contribution >= 4 is 11.5 Å². The molecule has 3 heteroatoms. The van der Waals surface area contributed by atoms with E-state index < -0.39 is 0 Å². The molecular formula is C21H25NO2. The van der Waals surface area contributed by atoms with E-state index in [9.17, 15) is 4.79 Å². The highest BCUT2D eigenvalue weighted by Gasteiger charge is 2.07. The molecular weight excluding hydrogens is 298 g/mol. The fraction of sp³-hybridized carbons (Fsp3) is 0.286. The molecule has 0 aliphatic heterocycles. The monoisotopic (exact) mass is 323 g/mol. The standard InChI is InChI=1S/C21H25NO2/c1-4-22(5-2)21(23)15-17(3)19-11-13-20(14-12-19)24-16-18-9-7-6-8-10-18/h6-15H,4-5,16H2,1-3H3/b17-15+. The zero-order valence-corrected chi connectivity index (χ0v) is 14.7. The van der Waals surface area contributed by atoms with Gasteiger partial charge in [-0.25, -0.2) is 0 Å². The average Bonchev–Trinajstić information content (AvgIpc) is 2.62. The van der Waals surface area contributed by atoms with Crippen LogP contribution >= 0.6 is 0 Å². The van der Waals surface area contributed by atoms with Crippen molar-refractivity contribution in [3.63, 3.8) is 0 Å². The molecule has 24 heavy (non-hydrogen) atoms. The summed E-state index contributed by atoms with van der Waals surface area (Å²) in [6.45, 7) is 7.94. The second-order valence-electron chi connectivity index (χ2n) is 5.64. The van der Waals surface area contributed by atoms with Crippen LogP contribution in [0.3, 0.4) is 0 Å². The molecule has 2 aromatic carbocycles. The van der Waals surface area contributed by atoms with E-state index in [2.05, 4.69) is 0 Å². The molecule has 2 rings (SSSR count). The van der Waals surface area contributed by atoms with Gasteiger partial charge in [-0.05, 0) is 49.6 Å². The largest absolute Gasteiger partial charge is 0.489 e. The average molecular weight is 323 g/mol. The van der Waals surface area contributed by atoms with Crippen LogP contribution in [0.4, 0.5) is 0 Å². The lowest BCUT2D eigenvalue weighted by atomic mass is 10.1. The molecule has 126 valence electrons. The maximum Gasteiger partial charge on any atom is 0.246 e. The number of carbonyl (C=O) groups excluding carboxylic acids is 1. The first-order chi connectivity index (χ1) is 11.6. The van der Waals surface area contributed by atoms with Gasteiger partial charge in [0, 0.05) is 19.2 Å². The van der Waals surface area contributed by atoms with Gasteiger partial charge in [-0.15, -0.1) is 0 Å². The van der Waals surface area contributed by atoms with Crippen LogP contribution in [0.5, 0.6) is 5.75 Å². The molecule has 0 N–H and O–H groups in total. The van der Waals surface area contributed by atoms with Crippen molar-refractivity contribution in [1.29, 1.82) is 0 Å². The summed E-state index contributed by atoms with van der Waals surface area (Å²) in [5.74, 6) is 0.882. The van der Waals surface area contributed by atoms with Gasteiger partial charge in [0.2, 0.25) is 5.91 Å². The van der Waals surface area contributed by atoms with Gasteiger partial charge < -0.3 is 9.64 Å². The van der Waals surface area contributed by atoms with Crippen molar-refractivity contribution < 1.29 is 9.53 Å². The van der Waals surface area contributed by atoms with Crippen LogP contribution in [0.2, 0.25) is 0 Å². The zero-order valence-electron chi connectivity index (χ0n) is 14.7. The van der Waals surface area contributed by atoms with Crippen LogP contribution in [0.25, 0.3) is 5.57 Å². The van der Waals surface area contributed by atoms with Gasteiger partial charge in [-0.1, -0.05) is 42.5 Å². The topological polar surface area (TPSA) is 29.5 Å². The number of amides is 1. The van der Waals surface area contributed by atoms with Crippen molar-refractivity contribution in [3.05, 3.63) is 71.8 Å². The molecule has 0 aliphatic carbocycles. The minimum absolute atomic E-state index is 0.0573. The minimum Gasteiger partial charge on any atom is -0.489 e. The molecule has 3 nitrogen and oxygen atoms in total. The zero-order chi connectivity index (χ0) is 17.4. The molecule has 0 saturated carbocycles. The maximum absolute atomic E-state index is 12.1. The van der Waals surface area contributed by atoms with Crippen molar-refractivity contribution in [3.8, 4) is 5.75 Å². The highest BCUT2D eigenvalue weighted by Crippen LogP contribution is 2.19. The Bertz CT molecular complexity index is 671. The number of hydrogen-bond donors (Lipinski definition) is 0. The summed E-state index contributed by atoms with van der Waals surface area (Å²) in [6.07, 6.45) is 1.70. The number of carbonyl (C=O) groups is 1. The van der Waals surface area contributed by atoms with Gasteiger partial charge in [0.15, 0.2) is 0 Å². The fourth-order valence-electron chi connectivity index (χ4n) is 2.45. The summed E-state index contributed by atoms with van der Waals surface area (Å²) < 4.78 is 5.79. The molecule has 0 aliphatic rings. The van der Waals surface area contributed by atoms with Gasteiger partial charge in [-0.2, -0.15) is 0 Å². The number of likely N-dealkylation sites (N-methyl/N-ethyl adjacent to an activating group) is 1. The first kappa shape index (κ1) is 17.8. The summed E-state index contributed by atoms with van der Waals surface area (Å²) in [7, 11) is 0. The molecule has 1 amide bonds. The highest BCUT2D eigenvalue weighted by molar-refractivity contribution is 5.94. The molecule has 0 spiro atoms. The van der Waals surface area contributed by atoms with E-state index in [0.29, 0.717) is 6.61 Å². The summed E-state index contributed by atoms with van der Waals surface area (Å²) in [4.78, 5) is 13.9. The van der Waals surface area contributed by atoms with Crippen molar-refractivity contribution in [2.75, 3.05) is 13.1 Å². The van der Waals surface area contributed by atoms with E-state index in [-0.39, 0.29) is 5.91 Å². The Kier molecular flexibility index (Phi) is 6.62. The lowest BCUT2D eigenvalue weighted by molar-refractivity contribution is -0.125. The van der Waals surface area contributed by atoms with Crippen LogP contribution in [0, 0.1) is 0 Å². The van der Waals surface area contributed by atoms with Crippen LogP contribution < -0.4 is 4.74 Å². The van der Waals surface area contributed by atoms with E-state index in [0.717, 1.165) is 35.5 Å². The fourth-order valence-corrected chi connectivity index (χ4v) is 2.45. The van der Waals surface area contributed by atoms with Crippen LogP contribution in [-0.4, -0.2) is 23.9 Å². The molecule has 0 unspecified atom stereocenters. The molecule has 0 fully saturated rings. The Labute approximate surface area is 144 Å². The van der Waals surface area contributed by atoms with Gasteiger partial charge >= 0.3 is 0 Å². The Hall–Kier alpha value is -2.55. The smallest absolute Gasteiger partial charge is 0.246 e. The van der Waals surface area contributed by atoms with Crippen LogP contribution in [0.15, 0.2) is 60.7 Å². The number of hydrogen-bond acceptors (Lipinski definition) is 2. The van der Waals surface area contributed by atoms with Gasteiger partial charge in [0.25, 0.3) is 0 Å².